The fourth-order valence-corrected chi connectivity index (χ4v) is 2.65. The number of hydrogen-bond acceptors (Lipinski definition) is 4. The van der Waals surface area contributed by atoms with Crippen molar-refractivity contribution in [1.29, 1.82) is 0 Å². The summed E-state index contributed by atoms with van der Waals surface area (Å²) >= 11 is 0. The Bertz CT molecular complexity index is 965. The average Bonchev–Trinajstić information content (AvgIpc) is 3.16. The molecule has 26 heavy (non-hydrogen) atoms. The van der Waals surface area contributed by atoms with Crippen molar-refractivity contribution in [2.45, 2.75) is 13.3 Å². The van der Waals surface area contributed by atoms with Crippen LogP contribution >= 0.6 is 0 Å². The van der Waals surface area contributed by atoms with Gasteiger partial charge in [-0.1, -0.05) is 36.4 Å². The van der Waals surface area contributed by atoms with Crippen molar-refractivity contribution < 1.29 is 14.7 Å². The van der Waals surface area contributed by atoms with E-state index in [1.807, 2.05) is 31.2 Å². The van der Waals surface area contributed by atoms with Gasteiger partial charge in [-0.05, 0) is 36.2 Å². The Labute approximate surface area is 150 Å². The van der Waals surface area contributed by atoms with Crippen molar-refractivity contribution >= 4 is 17.6 Å². The number of amides is 1. The lowest BCUT2D eigenvalue weighted by atomic mass is 10.1. The van der Waals surface area contributed by atoms with Crippen LogP contribution in [0.4, 0.5) is 5.69 Å². The molecule has 0 spiro atoms. The Morgan fingerprint density at radius 2 is 1.92 bits per heavy atom. The lowest BCUT2D eigenvalue weighted by Gasteiger charge is -2.16. The fourth-order valence-electron chi connectivity index (χ4n) is 2.65. The topological polar surface area (TPSA) is 88.3 Å². The molecule has 0 saturated heterocycles. The van der Waals surface area contributed by atoms with E-state index in [9.17, 15) is 9.59 Å². The lowest BCUT2D eigenvalue weighted by Crippen LogP contribution is -2.26. The number of para-hydroxylation sites is 1. The number of hydrogen-bond donors (Lipinski definition) is 1. The molecule has 1 amide bonds. The van der Waals surface area contributed by atoms with Crippen molar-refractivity contribution in [3.63, 3.8) is 0 Å². The maximum Gasteiger partial charge on any atom is 0.335 e. The maximum absolute atomic E-state index is 12.7. The van der Waals surface area contributed by atoms with E-state index in [-0.39, 0.29) is 17.2 Å². The summed E-state index contributed by atoms with van der Waals surface area (Å²) in [6.45, 7) is 2.05. The molecule has 1 heterocycles. The van der Waals surface area contributed by atoms with Crippen LogP contribution in [0.5, 0.6) is 0 Å². The molecule has 0 unspecified atom stereocenters. The number of anilines is 1. The third-order valence-electron chi connectivity index (χ3n) is 4.12. The molecule has 0 fully saturated rings. The largest absolute Gasteiger partial charge is 0.478 e. The molecule has 0 atom stereocenters. The Morgan fingerprint density at radius 3 is 2.65 bits per heavy atom. The Kier molecular flexibility index (Phi) is 4.79. The first kappa shape index (κ1) is 17.3. The van der Waals surface area contributed by atoms with Crippen molar-refractivity contribution in [2.75, 3.05) is 11.9 Å². The number of aromatic nitrogens is 3. The van der Waals surface area contributed by atoms with Crippen molar-refractivity contribution in [2.24, 2.45) is 0 Å². The maximum atomic E-state index is 12.7. The van der Waals surface area contributed by atoms with Crippen LogP contribution in [0.3, 0.4) is 0 Å². The number of aromatic carboxylic acids is 1. The number of nitrogens with zero attached hydrogens (tertiary/aromatic N) is 4. The smallest absolute Gasteiger partial charge is 0.335 e. The summed E-state index contributed by atoms with van der Waals surface area (Å²) in [6, 6.07) is 14.0. The highest BCUT2D eigenvalue weighted by atomic mass is 16.4. The second kappa shape index (κ2) is 7.18. The number of aryl methyl sites for hydroxylation is 1. The first-order valence-electron chi connectivity index (χ1n) is 8.13. The monoisotopic (exact) mass is 350 g/mol. The van der Waals surface area contributed by atoms with Crippen molar-refractivity contribution in [3.8, 4) is 5.69 Å². The van der Waals surface area contributed by atoms with Crippen molar-refractivity contribution in [3.05, 3.63) is 71.5 Å². The molecule has 132 valence electrons. The third kappa shape index (κ3) is 3.32. The molecule has 7 nitrogen and oxygen atoms in total. The quantitative estimate of drug-likeness (QED) is 0.764. The molecule has 0 radical (unpaired) electrons. The van der Waals surface area contributed by atoms with Gasteiger partial charge in [0.05, 0.1) is 17.4 Å². The Morgan fingerprint density at radius 1 is 1.15 bits per heavy atom. The molecule has 7 heteroatoms. The van der Waals surface area contributed by atoms with Crippen molar-refractivity contribution in [1.82, 2.24) is 15.0 Å². The number of carbonyl (C=O) groups excluding carboxylic acids is 1. The Balaban J connectivity index is 1.88. The fraction of sp³-hybridized carbons (Fsp3) is 0.158. The molecular formula is C19H18N4O3. The molecule has 0 aliphatic carbocycles. The van der Waals surface area contributed by atoms with Gasteiger partial charge in [-0.25, -0.2) is 9.48 Å². The molecule has 0 bridgehead atoms. The summed E-state index contributed by atoms with van der Waals surface area (Å²) in [6.07, 6.45) is 2.41. The van der Waals surface area contributed by atoms with Crippen LogP contribution in [0, 0.1) is 0 Å². The number of benzene rings is 2. The number of carboxylic acids is 1. The van der Waals surface area contributed by atoms with E-state index >= 15 is 0 Å². The minimum absolute atomic E-state index is 0.114. The highest BCUT2D eigenvalue weighted by Gasteiger charge is 2.19. The van der Waals surface area contributed by atoms with E-state index in [4.69, 9.17) is 5.11 Å². The van der Waals surface area contributed by atoms with Crippen LogP contribution in [0.15, 0.2) is 54.7 Å². The van der Waals surface area contributed by atoms with Gasteiger partial charge in [-0.15, -0.1) is 5.10 Å². The Hall–Kier alpha value is -3.48. The van der Waals surface area contributed by atoms with E-state index in [0.717, 1.165) is 17.7 Å². The molecule has 0 aliphatic rings. The van der Waals surface area contributed by atoms with Gasteiger partial charge < -0.3 is 10.0 Å². The summed E-state index contributed by atoms with van der Waals surface area (Å²) in [5.41, 5.74) is 2.73. The predicted octanol–water partition coefficient (Wildman–Crippen LogP) is 2.80. The number of rotatable bonds is 5. The van der Waals surface area contributed by atoms with Gasteiger partial charge in [0, 0.05) is 12.7 Å². The van der Waals surface area contributed by atoms with Gasteiger partial charge in [-0.3, -0.25) is 4.79 Å². The second-order valence-corrected chi connectivity index (χ2v) is 5.75. The van der Waals surface area contributed by atoms with E-state index in [1.54, 1.807) is 30.1 Å². The first-order chi connectivity index (χ1) is 12.5. The van der Waals surface area contributed by atoms with Crippen LogP contribution in [0.25, 0.3) is 5.69 Å². The van der Waals surface area contributed by atoms with Crippen LogP contribution in [-0.4, -0.2) is 39.0 Å². The third-order valence-corrected chi connectivity index (χ3v) is 4.12. The van der Waals surface area contributed by atoms with E-state index in [1.165, 1.54) is 17.0 Å². The highest BCUT2D eigenvalue weighted by Crippen LogP contribution is 2.18. The molecule has 3 rings (SSSR count). The minimum atomic E-state index is -1.05. The van der Waals surface area contributed by atoms with Gasteiger partial charge in [0.1, 0.15) is 0 Å². The highest BCUT2D eigenvalue weighted by molar-refractivity contribution is 6.04. The zero-order valence-corrected chi connectivity index (χ0v) is 14.5. The second-order valence-electron chi connectivity index (χ2n) is 5.75. The first-order valence-corrected chi connectivity index (χ1v) is 8.13. The number of carbonyl (C=O) groups is 2. The molecule has 0 saturated carbocycles. The van der Waals surface area contributed by atoms with Crippen LogP contribution < -0.4 is 4.90 Å². The molecule has 3 aromatic rings. The molecule has 1 N–H and O–H groups in total. The average molecular weight is 350 g/mol. The van der Waals surface area contributed by atoms with Crippen LogP contribution in [0.1, 0.15) is 33.3 Å². The molecule has 1 aromatic heterocycles. The van der Waals surface area contributed by atoms with E-state index < -0.39 is 5.97 Å². The van der Waals surface area contributed by atoms with Gasteiger partial charge in [0.2, 0.25) is 0 Å². The summed E-state index contributed by atoms with van der Waals surface area (Å²) in [7, 11) is 1.57. The van der Waals surface area contributed by atoms with Gasteiger partial charge in [0.15, 0.2) is 5.69 Å². The van der Waals surface area contributed by atoms with Crippen LogP contribution in [0.2, 0.25) is 0 Å². The number of carboxylic acid groups (broad SMARTS) is 1. The molecular weight excluding hydrogens is 332 g/mol. The molecule has 2 aromatic carbocycles. The summed E-state index contributed by atoms with van der Waals surface area (Å²) in [5.74, 6) is -1.41. The summed E-state index contributed by atoms with van der Waals surface area (Å²) < 4.78 is 1.58. The van der Waals surface area contributed by atoms with Gasteiger partial charge >= 0.3 is 5.97 Å². The van der Waals surface area contributed by atoms with Gasteiger partial charge in [0.25, 0.3) is 5.91 Å². The summed E-state index contributed by atoms with van der Waals surface area (Å²) in [5, 5.41) is 17.1. The standard InChI is InChI=1S/C19H18N4O3/c1-3-13-7-4-5-10-17(13)23-12-16(20-21-23)18(24)22(2)15-9-6-8-14(11-15)19(25)26/h4-12H,3H2,1-2H3,(H,25,26). The van der Waals surface area contributed by atoms with E-state index in [0.29, 0.717) is 5.69 Å². The zero-order valence-electron chi connectivity index (χ0n) is 14.5. The molecule has 0 aliphatic heterocycles. The lowest BCUT2D eigenvalue weighted by molar-refractivity contribution is 0.0696. The zero-order chi connectivity index (χ0) is 18.7. The summed E-state index contributed by atoms with van der Waals surface area (Å²) in [4.78, 5) is 25.1. The minimum Gasteiger partial charge on any atom is -0.478 e. The normalized spacial score (nSPS) is 10.5. The predicted molar refractivity (Wildman–Crippen MR) is 96.9 cm³/mol. The van der Waals surface area contributed by atoms with E-state index in [2.05, 4.69) is 10.3 Å². The van der Waals surface area contributed by atoms with Crippen LogP contribution in [-0.2, 0) is 6.42 Å². The SMILES string of the molecule is CCc1ccccc1-n1cc(C(=O)N(C)c2cccc(C(=O)O)c2)nn1. The van der Waals surface area contributed by atoms with Gasteiger partial charge in [-0.2, -0.15) is 0 Å².